The van der Waals surface area contributed by atoms with Gasteiger partial charge in [0.15, 0.2) is 0 Å². The molecule has 8 heteroatoms. The van der Waals surface area contributed by atoms with Crippen molar-refractivity contribution in [3.63, 3.8) is 0 Å². The lowest BCUT2D eigenvalue weighted by molar-refractivity contribution is -0.131. The van der Waals surface area contributed by atoms with E-state index in [9.17, 15) is 18.0 Å². The van der Waals surface area contributed by atoms with Gasteiger partial charge in [0.25, 0.3) is 5.91 Å². The van der Waals surface area contributed by atoms with Gasteiger partial charge in [0.2, 0.25) is 0 Å². The van der Waals surface area contributed by atoms with Crippen molar-refractivity contribution in [3.05, 3.63) is 10.9 Å². The predicted molar refractivity (Wildman–Crippen MR) is 68.4 cm³/mol. The number of nitrogen functional groups attached to an aromatic ring is 1. The maximum atomic E-state index is 12.0. The van der Waals surface area contributed by atoms with Crippen LogP contribution in [0.3, 0.4) is 0 Å². The second-order valence-electron chi connectivity index (χ2n) is 4.43. The molecular weight excluding hydrogens is 279 g/mol. The first kappa shape index (κ1) is 14.0. The van der Waals surface area contributed by atoms with E-state index in [0.29, 0.717) is 9.88 Å². The maximum Gasteiger partial charge on any atom is 0.390 e. The minimum Gasteiger partial charge on any atom is -0.397 e. The van der Waals surface area contributed by atoms with E-state index in [2.05, 4.69) is 10.6 Å². The second kappa shape index (κ2) is 5.28. The van der Waals surface area contributed by atoms with E-state index in [4.69, 9.17) is 5.73 Å². The molecule has 1 fully saturated rings. The normalized spacial score (nSPS) is 15.3. The third-order valence-corrected chi connectivity index (χ3v) is 3.69. The number of carbonyl (C=O) groups excluding carboxylic acids is 1. The molecule has 0 bridgehead atoms. The van der Waals surface area contributed by atoms with Crippen LogP contribution in [0.25, 0.3) is 0 Å². The maximum absolute atomic E-state index is 12.0. The molecule has 19 heavy (non-hydrogen) atoms. The van der Waals surface area contributed by atoms with Gasteiger partial charge in [-0.1, -0.05) is 0 Å². The summed E-state index contributed by atoms with van der Waals surface area (Å²) in [4.78, 5) is 12.1. The van der Waals surface area contributed by atoms with E-state index in [1.165, 1.54) is 6.07 Å². The van der Waals surface area contributed by atoms with Crippen LogP contribution in [0, 0.1) is 0 Å². The van der Waals surface area contributed by atoms with Gasteiger partial charge < -0.3 is 16.4 Å². The molecule has 1 aromatic heterocycles. The van der Waals surface area contributed by atoms with Gasteiger partial charge in [-0.15, -0.1) is 11.3 Å². The van der Waals surface area contributed by atoms with Gasteiger partial charge in [0.05, 0.1) is 17.1 Å². The Labute approximate surface area is 112 Å². The van der Waals surface area contributed by atoms with Crippen LogP contribution in [-0.4, -0.2) is 24.7 Å². The number of alkyl halides is 3. The summed E-state index contributed by atoms with van der Waals surface area (Å²) in [5.41, 5.74) is 5.97. The van der Waals surface area contributed by atoms with E-state index < -0.39 is 12.6 Å². The van der Waals surface area contributed by atoms with Gasteiger partial charge in [0, 0.05) is 12.6 Å². The summed E-state index contributed by atoms with van der Waals surface area (Å²) in [6, 6.07) is 1.71. The molecule has 2 rings (SSSR count). The van der Waals surface area contributed by atoms with Gasteiger partial charge in [-0.2, -0.15) is 13.2 Å². The standard InChI is InChI=1S/C11H14F3N3OS/c12-11(13,14)3-4-16-8-5-7(15)9(19-8)10(18)17-6-1-2-6/h5-6,16H,1-4,15H2,(H,17,18). The third kappa shape index (κ3) is 4.30. The summed E-state index contributed by atoms with van der Waals surface area (Å²) in [6.07, 6.45) is -3.18. The molecule has 0 aliphatic heterocycles. The van der Waals surface area contributed by atoms with Crippen molar-refractivity contribution in [2.24, 2.45) is 0 Å². The molecule has 0 unspecified atom stereocenters. The number of nitrogens with two attached hydrogens (primary N) is 1. The lowest BCUT2D eigenvalue weighted by Crippen LogP contribution is -2.25. The molecule has 1 amide bonds. The van der Waals surface area contributed by atoms with Gasteiger partial charge in [-0.05, 0) is 18.9 Å². The fourth-order valence-corrected chi connectivity index (χ4v) is 2.38. The van der Waals surface area contributed by atoms with Gasteiger partial charge in [0.1, 0.15) is 4.88 Å². The highest BCUT2D eigenvalue weighted by Gasteiger charge is 2.27. The topological polar surface area (TPSA) is 67.1 Å². The minimum atomic E-state index is -4.19. The Morgan fingerprint density at radius 1 is 1.47 bits per heavy atom. The van der Waals surface area contributed by atoms with Crippen LogP contribution in [0.15, 0.2) is 6.07 Å². The Balaban J connectivity index is 1.90. The molecule has 1 aliphatic rings. The molecule has 1 saturated carbocycles. The van der Waals surface area contributed by atoms with Crippen molar-refractivity contribution in [2.75, 3.05) is 17.6 Å². The van der Waals surface area contributed by atoms with Crippen molar-refractivity contribution in [1.29, 1.82) is 0 Å². The molecule has 1 aromatic rings. The first-order chi connectivity index (χ1) is 8.85. The first-order valence-corrected chi connectivity index (χ1v) is 6.67. The monoisotopic (exact) mass is 293 g/mol. The highest BCUT2D eigenvalue weighted by Crippen LogP contribution is 2.30. The molecule has 106 valence electrons. The smallest absolute Gasteiger partial charge is 0.390 e. The number of halogens is 3. The molecular formula is C11H14F3N3OS. The lowest BCUT2D eigenvalue weighted by atomic mass is 10.3. The fraction of sp³-hybridized carbons (Fsp3) is 0.545. The molecule has 1 heterocycles. The van der Waals surface area contributed by atoms with E-state index >= 15 is 0 Å². The molecule has 4 nitrogen and oxygen atoms in total. The fourth-order valence-electron chi connectivity index (χ4n) is 1.48. The van der Waals surface area contributed by atoms with Crippen LogP contribution < -0.4 is 16.4 Å². The first-order valence-electron chi connectivity index (χ1n) is 5.86. The lowest BCUT2D eigenvalue weighted by Gasteiger charge is -2.06. The number of hydrogen-bond acceptors (Lipinski definition) is 4. The second-order valence-corrected chi connectivity index (χ2v) is 5.49. The van der Waals surface area contributed by atoms with E-state index in [0.717, 1.165) is 24.2 Å². The molecule has 0 aromatic carbocycles. The summed E-state index contributed by atoms with van der Waals surface area (Å²) in [5, 5.41) is 5.89. The Hall–Kier alpha value is -1.44. The number of thiophene rings is 1. The number of hydrogen-bond donors (Lipinski definition) is 3. The summed E-state index contributed by atoms with van der Waals surface area (Å²) in [7, 11) is 0. The predicted octanol–water partition coefficient (Wildman–Crippen LogP) is 2.59. The van der Waals surface area contributed by atoms with Crippen LogP contribution in [0.2, 0.25) is 0 Å². The van der Waals surface area contributed by atoms with Crippen molar-refractivity contribution in [3.8, 4) is 0 Å². The summed E-state index contributed by atoms with van der Waals surface area (Å²) < 4.78 is 36.0. The quantitative estimate of drug-likeness (QED) is 0.781. The number of anilines is 2. The van der Waals surface area contributed by atoms with E-state index in [1.807, 2.05) is 0 Å². The van der Waals surface area contributed by atoms with Gasteiger partial charge >= 0.3 is 6.18 Å². The number of amides is 1. The largest absolute Gasteiger partial charge is 0.397 e. The Bertz CT molecular complexity index is 468. The van der Waals surface area contributed by atoms with Gasteiger partial charge in [-0.25, -0.2) is 0 Å². The highest BCUT2D eigenvalue weighted by molar-refractivity contribution is 7.18. The molecule has 4 N–H and O–H groups in total. The van der Waals surface area contributed by atoms with Crippen LogP contribution >= 0.6 is 11.3 Å². The molecule has 0 spiro atoms. The molecule has 0 saturated heterocycles. The zero-order chi connectivity index (χ0) is 14.0. The van der Waals surface area contributed by atoms with E-state index in [-0.39, 0.29) is 24.2 Å². The third-order valence-electron chi connectivity index (χ3n) is 2.59. The highest BCUT2D eigenvalue weighted by atomic mass is 32.1. The van der Waals surface area contributed by atoms with Gasteiger partial charge in [-0.3, -0.25) is 4.79 Å². The van der Waals surface area contributed by atoms with E-state index in [1.54, 1.807) is 0 Å². The number of rotatable bonds is 5. The number of carbonyl (C=O) groups is 1. The molecule has 1 aliphatic carbocycles. The van der Waals surface area contributed by atoms with Crippen LogP contribution in [0.5, 0.6) is 0 Å². The van der Waals surface area contributed by atoms with Crippen LogP contribution in [-0.2, 0) is 0 Å². The average Bonchev–Trinajstić information content (AvgIpc) is 2.99. The number of nitrogens with one attached hydrogen (secondary N) is 2. The summed E-state index contributed by atoms with van der Waals surface area (Å²) in [6.45, 7) is -0.229. The summed E-state index contributed by atoms with van der Waals surface area (Å²) >= 11 is 1.07. The van der Waals surface area contributed by atoms with Crippen molar-refractivity contribution < 1.29 is 18.0 Å². The SMILES string of the molecule is Nc1cc(NCCC(F)(F)F)sc1C(=O)NC1CC1. The summed E-state index contributed by atoms with van der Waals surface area (Å²) in [5.74, 6) is -0.256. The van der Waals surface area contributed by atoms with Crippen molar-refractivity contribution in [2.45, 2.75) is 31.5 Å². The Morgan fingerprint density at radius 2 is 2.16 bits per heavy atom. The molecule has 0 radical (unpaired) electrons. The zero-order valence-electron chi connectivity index (χ0n) is 10.0. The average molecular weight is 293 g/mol. The minimum absolute atomic E-state index is 0.218. The van der Waals surface area contributed by atoms with Crippen LogP contribution in [0.1, 0.15) is 28.9 Å². The van der Waals surface area contributed by atoms with Crippen molar-refractivity contribution in [1.82, 2.24) is 5.32 Å². The van der Waals surface area contributed by atoms with Crippen LogP contribution in [0.4, 0.5) is 23.9 Å². The molecule has 0 atom stereocenters. The zero-order valence-corrected chi connectivity index (χ0v) is 10.8. The Kier molecular flexibility index (Phi) is 3.88. The Morgan fingerprint density at radius 3 is 2.74 bits per heavy atom. The van der Waals surface area contributed by atoms with Crippen molar-refractivity contribution >= 4 is 27.9 Å².